The van der Waals surface area contributed by atoms with E-state index in [1.165, 1.54) is 0 Å². The maximum atomic E-state index is 5.01. The molecule has 0 aromatic heterocycles. The standard InChI is InChI=1S/C8H17N5O/c1-4-10-8(11-5-2)12-6-9-7(13-8)14-3/h6,10-11H,4-5H2,1-3H3,(H,9,12,13). The Morgan fingerprint density at radius 1 is 1.43 bits per heavy atom. The fraction of sp³-hybridized carbons (Fsp3) is 0.750. The van der Waals surface area contributed by atoms with Gasteiger partial charge in [-0.15, -0.1) is 0 Å². The molecule has 1 aliphatic heterocycles. The first-order valence-corrected chi connectivity index (χ1v) is 4.70. The summed E-state index contributed by atoms with van der Waals surface area (Å²) in [5.74, 6) is -0.778. The number of nitrogens with one attached hydrogen (secondary N) is 3. The number of hydrogen-bond acceptors (Lipinski definition) is 6. The quantitative estimate of drug-likeness (QED) is 0.531. The first-order valence-electron chi connectivity index (χ1n) is 4.70. The number of methoxy groups -OCH3 is 1. The average molecular weight is 199 g/mol. The molecule has 0 atom stereocenters. The summed E-state index contributed by atoms with van der Waals surface area (Å²) < 4.78 is 5.01. The Hall–Kier alpha value is -1.14. The van der Waals surface area contributed by atoms with Crippen LogP contribution in [0.1, 0.15) is 13.8 Å². The predicted octanol–water partition coefficient (Wildman–Crippen LogP) is -0.549. The van der Waals surface area contributed by atoms with Crippen LogP contribution in [0.15, 0.2) is 9.98 Å². The molecule has 14 heavy (non-hydrogen) atoms. The van der Waals surface area contributed by atoms with Gasteiger partial charge in [-0.3, -0.25) is 10.6 Å². The Morgan fingerprint density at radius 2 is 2.07 bits per heavy atom. The van der Waals surface area contributed by atoms with Crippen molar-refractivity contribution in [2.75, 3.05) is 20.2 Å². The monoisotopic (exact) mass is 199 g/mol. The number of rotatable bonds is 4. The Balaban J connectivity index is 2.79. The van der Waals surface area contributed by atoms with E-state index in [4.69, 9.17) is 4.74 Å². The van der Waals surface area contributed by atoms with Crippen molar-refractivity contribution in [3.05, 3.63) is 0 Å². The molecular weight excluding hydrogens is 182 g/mol. The van der Waals surface area contributed by atoms with Crippen LogP contribution in [0.2, 0.25) is 0 Å². The molecule has 0 saturated heterocycles. The van der Waals surface area contributed by atoms with Crippen LogP contribution in [-0.4, -0.2) is 38.5 Å². The third-order valence-corrected chi connectivity index (χ3v) is 1.74. The molecule has 0 aromatic carbocycles. The maximum Gasteiger partial charge on any atom is 0.294 e. The second-order valence-corrected chi connectivity index (χ2v) is 2.76. The lowest BCUT2D eigenvalue weighted by atomic mass is 10.5. The Morgan fingerprint density at radius 3 is 2.57 bits per heavy atom. The van der Waals surface area contributed by atoms with Gasteiger partial charge in [0.1, 0.15) is 0 Å². The Labute approximate surface area is 83.8 Å². The summed E-state index contributed by atoms with van der Waals surface area (Å²) in [7, 11) is 1.56. The van der Waals surface area contributed by atoms with Gasteiger partial charge in [0.05, 0.1) is 13.4 Å². The number of nitrogens with zero attached hydrogens (tertiary/aromatic N) is 2. The van der Waals surface area contributed by atoms with E-state index in [1.54, 1.807) is 13.4 Å². The van der Waals surface area contributed by atoms with E-state index in [-0.39, 0.29) is 0 Å². The zero-order valence-corrected chi connectivity index (χ0v) is 8.79. The maximum absolute atomic E-state index is 5.01. The normalized spacial score (nSPS) is 18.6. The molecule has 0 saturated carbocycles. The van der Waals surface area contributed by atoms with Gasteiger partial charge in [-0.2, -0.15) is 4.99 Å². The Bertz CT molecular complexity index is 232. The van der Waals surface area contributed by atoms with Crippen LogP contribution in [-0.2, 0) is 4.74 Å². The highest BCUT2D eigenvalue weighted by molar-refractivity contribution is 5.87. The number of aliphatic imine (C=N–C) groups is 2. The van der Waals surface area contributed by atoms with Crippen LogP contribution < -0.4 is 16.0 Å². The molecule has 0 bridgehead atoms. The van der Waals surface area contributed by atoms with E-state index in [0.717, 1.165) is 13.1 Å². The summed E-state index contributed by atoms with van der Waals surface area (Å²) in [5, 5.41) is 9.09. The minimum atomic E-state index is -0.778. The van der Waals surface area contributed by atoms with Crippen molar-refractivity contribution in [3.8, 4) is 0 Å². The molecule has 0 unspecified atom stereocenters. The van der Waals surface area contributed by atoms with Gasteiger partial charge in [0.15, 0.2) is 0 Å². The van der Waals surface area contributed by atoms with Gasteiger partial charge >= 0.3 is 0 Å². The fourth-order valence-electron chi connectivity index (χ4n) is 1.22. The highest BCUT2D eigenvalue weighted by Crippen LogP contribution is 2.07. The molecule has 80 valence electrons. The van der Waals surface area contributed by atoms with Crippen LogP contribution in [0.25, 0.3) is 0 Å². The SMILES string of the molecule is CCNC1(NCC)N=CNC(OC)=N1. The third-order valence-electron chi connectivity index (χ3n) is 1.74. The smallest absolute Gasteiger partial charge is 0.294 e. The van der Waals surface area contributed by atoms with Crippen molar-refractivity contribution in [2.24, 2.45) is 9.98 Å². The van der Waals surface area contributed by atoms with Crippen LogP contribution in [0.3, 0.4) is 0 Å². The van der Waals surface area contributed by atoms with Gasteiger partial charge in [0, 0.05) is 0 Å². The van der Waals surface area contributed by atoms with Crippen molar-refractivity contribution in [1.82, 2.24) is 16.0 Å². The van der Waals surface area contributed by atoms with Crippen LogP contribution >= 0.6 is 0 Å². The molecule has 3 N–H and O–H groups in total. The molecule has 0 fully saturated rings. The predicted molar refractivity (Wildman–Crippen MR) is 56.2 cm³/mol. The number of ether oxygens (including phenoxy) is 1. The van der Waals surface area contributed by atoms with Gasteiger partial charge in [-0.1, -0.05) is 13.8 Å². The van der Waals surface area contributed by atoms with Crippen molar-refractivity contribution < 1.29 is 4.74 Å². The molecule has 1 rings (SSSR count). The summed E-state index contributed by atoms with van der Waals surface area (Å²) in [6, 6.07) is 0.446. The molecule has 0 aromatic rings. The molecular formula is C8H17N5O. The third kappa shape index (κ3) is 2.43. The highest BCUT2D eigenvalue weighted by atomic mass is 16.5. The molecule has 6 heteroatoms. The van der Waals surface area contributed by atoms with Crippen molar-refractivity contribution >= 4 is 12.4 Å². The minimum Gasteiger partial charge on any atom is -0.468 e. The lowest BCUT2D eigenvalue weighted by Gasteiger charge is -2.29. The van der Waals surface area contributed by atoms with Crippen molar-refractivity contribution in [1.29, 1.82) is 0 Å². The van der Waals surface area contributed by atoms with Crippen molar-refractivity contribution in [2.45, 2.75) is 19.8 Å². The highest BCUT2D eigenvalue weighted by Gasteiger charge is 2.28. The summed E-state index contributed by atoms with van der Waals surface area (Å²) >= 11 is 0. The Kier molecular flexibility index (Phi) is 3.84. The summed E-state index contributed by atoms with van der Waals surface area (Å²) in [6.45, 7) is 5.53. The van der Waals surface area contributed by atoms with Gasteiger partial charge in [0.25, 0.3) is 11.9 Å². The number of hydrogen-bond donors (Lipinski definition) is 3. The van der Waals surface area contributed by atoms with Gasteiger partial charge in [0.2, 0.25) is 0 Å². The van der Waals surface area contributed by atoms with Crippen molar-refractivity contribution in [3.63, 3.8) is 0 Å². The average Bonchev–Trinajstić information content (AvgIpc) is 2.19. The molecule has 0 amide bonds. The van der Waals surface area contributed by atoms with E-state index < -0.39 is 5.91 Å². The second kappa shape index (κ2) is 4.92. The summed E-state index contributed by atoms with van der Waals surface area (Å²) in [4.78, 5) is 8.49. The zero-order valence-electron chi connectivity index (χ0n) is 8.79. The van der Waals surface area contributed by atoms with E-state index in [1.807, 2.05) is 13.8 Å². The summed E-state index contributed by atoms with van der Waals surface area (Å²) in [5.41, 5.74) is 0. The molecule has 0 radical (unpaired) electrons. The fourth-order valence-corrected chi connectivity index (χ4v) is 1.22. The van der Waals surface area contributed by atoms with E-state index in [2.05, 4.69) is 25.9 Å². The van der Waals surface area contributed by atoms with Gasteiger partial charge < -0.3 is 10.1 Å². The van der Waals surface area contributed by atoms with E-state index >= 15 is 0 Å². The van der Waals surface area contributed by atoms with Crippen LogP contribution in [0, 0.1) is 0 Å². The van der Waals surface area contributed by atoms with E-state index in [0.29, 0.717) is 6.02 Å². The van der Waals surface area contributed by atoms with E-state index in [9.17, 15) is 0 Å². The van der Waals surface area contributed by atoms with Gasteiger partial charge in [-0.25, -0.2) is 4.99 Å². The van der Waals surface area contributed by atoms with Gasteiger partial charge in [-0.05, 0) is 13.1 Å². The van der Waals surface area contributed by atoms with Crippen LogP contribution in [0.4, 0.5) is 0 Å². The summed E-state index contributed by atoms with van der Waals surface area (Å²) in [6.07, 6.45) is 1.57. The largest absolute Gasteiger partial charge is 0.468 e. The first kappa shape index (κ1) is 10.9. The molecule has 0 aliphatic carbocycles. The molecule has 0 spiro atoms. The second-order valence-electron chi connectivity index (χ2n) is 2.76. The zero-order chi connectivity index (χ0) is 10.4. The molecule has 1 heterocycles. The lowest BCUT2D eigenvalue weighted by molar-refractivity contribution is 0.271. The topological polar surface area (TPSA) is 70.0 Å². The van der Waals surface area contributed by atoms with Crippen LogP contribution in [0.5, 0.6) is 0 Å². The minimum absolute atomic E-state index is 0.446. The first-order chi connectivity index (χ1) is 6.76. The number of amidine groups is 1. The molecule has 1 aliphatic rings. The molecule has 6 nitrogen and oxygen atoms in total. The lowest BCUT2D eigenvalue weighted by Crippen LogP contribution is -2.57.